The Bertz CT molecular complexity index is 1170. The molecule has 0 bridgehead atoms. The first-order valence-electron chi connectivity index (χ1n) is 8.56. The highest BCUT2D eigenvalue weighted by atomic mass is 32.2. The first-order valence-corrected chi connectivity index (χ1v) is 9.55. The Morgan fingerprint density at radius 2 is 1.80 bits per heavy atom. The molecule has 2 aromatic heterocycles. The van der Waals surface area contributed by atoms with Gasteiger partial charge in [0.1, 0.15) is 11.6 Å². The van der Waals surface area contributed by atoms with Crippen LogP contribution in [-0.4, -0.2) is 14.8 Å². The van der Waals surface area contributed by atoms with Crippen LogP contribution in [0.15, 0.2) is 70.4 Å². The summed E-state index contributed by atoms with van der Waals surface area (Å²) in [5, 5.41) is 8.25. The van der Waals surface area contributed by atoms with Gasteiger partial charge in [-0.25, -0.2) is 8.78 Å². The molecule has 0 amide bonds. The summed E-state index contributed by atoms with van der Waals surface area (Å²) in [5.41, 5.74) is -0.590. The van der Waals surface area contributed by atoms with Gasteiger partial charge < -0.3 is 4.42 Å². The van der Waals surface area contributed by atoms with Crippen LogP contribution in [0.5, 0.6) is 0 Å². The fourth-order valence-corrected chi connectivity index (χ4v) is 3.70. The van der Waals surface area contributed by atoms with E-state index in [9.17, 15) is 22.0 Å². The van der Waals surface area contributed by atoms with Crippen molar-refractivity contribution in [2.24, 2.45) is 0 Å². The lowest BCUT2D eigenvalue weighted by Gasteiger charge is -2.12. The van der Waals surface area contributed by atoms with Crippen molar-refractivity contribution < 1.29 is 26.4 Å². The maximum absolute atomic E-state index is 13.9. The fraction of sp³-hybridized carbons (Fsp3) is 0.100. The van der Waals surface area contributed by atoms with Gasteiger partial charge in [-0.15, -0.1) is 10.2 Å². The van der Waals surface area contributed by atoms with Gasteiger partial charge in [0.05, 0.1) is 17.5 Å². The van der Waals surface area contributed by atoms with Crippen LogP contribution in [-0.2, 0) is 11.9 Å². The van der Waals surface area contributed by atoms with Crippen LogP contribution in [0, 0.1) is 11.6 Å². The van der Waals surface area contributed by atoms with Crippen LogP contribution in [0.4, 0.5) is 22.0 Å². The summed E-state index contributed by atoms with van der Waals surface area (Å²) >= 11 is 1.01. The highest BCUT2D eigenvalue weighted by molar-refractivity contribution is 7.98. The molecule has 0 radical (unpaired) electrons. The van der Waals surface area contributed by atoms with E-state index in [1.165, 1.54) is 23.0 Å². The van der Waals surface area contributed by atoms with Crippen LogP contribution >= 0.6 is 11.8 Å². The molecule has 0 aliphatic heterocycles. The fourth-order valence-electron chi connectivity index (χ4n) is 2.78. The number of nitrogens with zero attached hydrogens (tertiary/aromatic N) is 3. The van der Waals surface area contributed by atoms with Crippen molar-refractivity contribution in [2.45, 2.75) is 17.1 Å². The lowest BCUT2D eigenvalue weighted by Crippen LogP contribution is -2.07. The molecule has 4 aromatic rings. The van der Waals surface area contributed by atoms with Crippen LogP contribution in [0.3, 0.4) is 0 Å². The zero-order chi connectivity index (χ0) is 21.3. The van der Waals surface area contributed by atoms with E-state index in [1.54, 1.807) is 12.1 Å². The molecule has 0 fully saturated rings. The lowest BCUT2D eigenvalue weighted by atomic mass is 10.2. The minimum Gasteiger partial charge on any atom is -0.461 e. The van der Waals surface area contributed by atoms with Gasteiger partial charge in [-0.05, 0) is 48.5 Å². The molecular formula is C20H12F5N3OS. The molecule has 0 saturated heterocycles. The minimum atomic E-state index is -4.53. The number of hydrogen-bond donors (Lipinski definition) is 0. The molecule has 0 saturated carbocycles. The molecule has 0 N–H and O–H groups in total. The number of hydrogen-bond acceptors (Lipinski definition) is 4. The zero-order valence-corrected chi connectivity index (χ0v) is 15.8. The maximum atomic E-state index is 13.9. The number of aromatic nitrogens is 3. The van der Waals surface area contributed by atoms with Crippen molar-refractivity contribution in [1.82, 2.24) is 14.8 Å². The number of thioether (sulfide) groups is 1. The van der Waals surface area contributed by atoms with E-state index < -0.39 is 23.4 Å². The van der Waals surface area contributed by atoms with Gasteiger partial charge in [0.2, 0.25) is 5.82 Å². The first-order chi connectivity index (χ1) is 14.3. The second-order valence-electron chi connectivity index (χ2n) is 6.19. The smallest absolute Gasteiger partial charge is 0.416 e. The number of alkyl halides is 3. The van der Waals surface area contributed by atoms with Crippen LogP contribution in [0.25, 0.3) is 17.3 Å². The topological polar surface area (TPSA) is 43.9 Å². The van der Waals surface area contributed by atoms with Crippen molar-refractivity contribution in [3.05, 3.63) is 83.6 Å². The normalized spacial score (nSPS) is 11.8. The predicted molar refractivity (Wildman–Crippen MR) is 100.0 cm³/mol. The monoisotopic (exact) mass is 437 g/mol. The SMILES string of the molecule is Fc1ccc(F)c(CSc2nnc(-c3ccco3)n2-c2cccc(C(F)(F)F)c2)c1. The first kappa shape index (κ1) is 20.1. The summed E-state index contributed by atoms with van der Waals surface area (Å²) in [6.45, 7) is 0. The number of rotatable bonds is 5. The highest BCUT2D eigenvalue weighted by Gasteiger charge is 2.31. The van der Waals surface area contributed by atoms with E-state index in [0.29, 0.717) is 5.76 Å². The third kappa shape index (κ3) is 4.09. The largest absolute Gasteiger partial charge is 0.461 e. The zero-order valence-electron chi connectivity index (χ0n) is 15.0. The Hall–Kier alpha value is -3.14. The maximum Gasteiger partial charge on any atom is 0.416 e. The Balaban J connectivity index is 1.76. The molecular weight excluding hydrogens is 425 g/mol. The van der Waals surface area contributed by atoms with Crippen molar-refractivity contribution in [3.8, 4) is 17.3 Å². The third-order valence-corrected chi connectivity index (χ3v) is 5.15. The Morgan fingerprint density at radius 1 is 0.967 bits per heavy atom. The molecule has 2 heterocycles. The molecule has 2 aromatic carbocycles. The van der Waals surface area contributed by atoms with E-state index in [1.807, 2.05) is 0 Å². The van der Waals surface area contributed by atoms with Gasteiger partial charge >= 0.3 is 6.18 Å². The molecule has 4 rings (SSSR count). The number of halogens is 5. The van der Waals surface area contributed by atoms with E-state index in [4.69, 9.17) is 4.42 Å². The average Bonchev–Trinajstić information content (AvgIpc) is 3.37. The van der Waals surface area contributed by atoms with Gasteiger partial charge in [-0.3, -0.25) is 4.57 Å². The summed E-state index contributed by atoms with van der Waals surface area (Å²) in [7, 11) is 0. The molecule has 0 unspecified atom stereocenters. The molecule has 0 spiro atoms. The Labute approximate surface area is 171 Å². The van der Waals surface area contributed by atoms with Gasteiger partial charge in [-0.1, -0.05) is 17.8 Å². The van der Waals surface area contributed by atoms with Crippen molar-refractivity contribution in [2.75, 3.05) is 0 Å². The van der Waals surface area contributed by atoms with Gasteiger partial charge in [0, 0.05) is 11.3 Å². The van der Waals surface area contributed by atoms with Crippen molar-refractivity contribution >= 4 is 11.8 Å². The molecule has 0 aliphatic carbocycles. The van der Waals surface area contributed by atoms with E-state index in [-0.39, 0.29) is 28.0 Å². The second kappa shape index (κ2) is 7.94. The van der Waals surface area contributed by atoms with E-state index in [2.05, 4.69) is 10.2 Å². The summed E-state index contributed by atoms with van der Waals surface area (Å²) in [6, 6.07) is 10.9. The quantitative estimate of drug-likeness (QED) is 0.279. The summed E-state index contributed by atoms with van der Waals surface area (Å²) < 4.78 is 73.7. The number of benzene rings is 2. The minimum absolute atomic E-state index is 0.00115. The summed E-state index contributed by atoms with van der Waals surface area (Å²) in [6.07, 6.45) is -3.14. The van der Waals surface area contributed by atoms with E-state index in [0.717, 1.165) is 42.1 Å². The van der Waals surface area contributed by atoms with E-state index >= 15 is 0 Å². The second-order valence-corrected chi connectivity index (χ2v) is 7.13. The third-order valence-electron chi connectivity index (χ3n) is 4.17. The Kier molecular flexibility index (Phi) is 5.33. The lowest BCUT2D eigenvalue weighted by molar-refractivity contribution is -0.137. The van der Waals surface area contributed by atoms with Gasteiger partial charge in [-0.2, -0.15) is 13.2 Å². The number of furan rings is 1. The highest BCUT2D eigenvalue weighted by Crippen LogP contribution is 2.34. The van der Waals surface area contributed by atoms with Crippen molar-refractivity contribution in [3.63, 3.8) is 0 Å². The summed E-state index contributed by atoms with van der Waals surface area (Å²) in [4.78, 5) is 0. The average molecular weight is 437 g/mol. The molecule has 154 valence electrons. The molecule has 10 heteroatoms. The molecule has 30 heavy (non-hydrogen) atoms. The molecule has 0 atom stereocenters. The standard InChI is InChI=1S/C20H12F5N3OS/c21-14-6-7-16(22)12(9-14)11-30-19-27-26-18(17-5-2-8-29-17)28(19)15-4-1-3-13(10-15)20(23,24)25/h1-10H,11H2. The van der Waals surface area contributed by atoms with Crippen LogP contribution < -0.4 is 0 Å². The predicted octanol–water partition coefficient (Wildman–Crippen LogP) is 6.12. The van der Waals surface area contributed by atoms with Crippen molar-refractivity contribution in [1.29, 1.82) is 0 Å². The van der Waals surface area contributed by atoms with Gasteiger partial charge in [0.25, 0.3) is 0 Å². The summed E-state index contributed by atoms with van der Waals surface area (Å²) in [5.74, 6) is -0.716. The van der Waals surface area contributed by atoms with Crippen LogP contribution in [0.1, 0.15) is 11.1 Å². The Morgan fingerprint density at radius 3 is 2.53 bits per heavy atom. The van der Waals surface area contributed by atoms with Crippen LogP contribution in [0.2, 0.25) is 0 Å². The van der Waals surface area contributed by atoms with Gasteiger partial charge in [0.15, 0.2) is 10.9 Å². The molecule has 0 aliphatic rings. The molecule has 4 nitrogen and oxygen atoms in total.